The van der Waals surface area contributed by atoms with E-state index in [4.69, 9.17) is 0 Å². The summed E-state index contributed by atoms with van der Waals surface area (Å²) in [6.45, 7) is 4.00. The average molecular weight is 350 g/mol. The number of ketones is 1. The highest BCUT2D eigenvalue weighted by Gasteiger charge is 2.66. The molecule has 0 radical (unpaired) electrons. The summed E-state index contributed by atoms with van der Waals surface area (Å²) >= 11 is 0. The van der Waals surface area contributed by atoms with Crippen molar-refractivity contribution in [2.45, 2.75) is 83.3 Å². The van der Waals surface area contributed by atoms with Crippen LogP contribution in [0.2, 0.25) is 0 Å². The van der Waals surface area contributed by atoms with E-state index in [0.717, 1.165) is 38.5 Å². The van der Waals surface area contributed by atoms with Crippen molar-refractivity contribution in [3.05, 3.63) is 0 Å². The molecule has 4 rings (SSSR count). The molecule has 4 heteroatoms. The summed E-state index contributed by atoms with van der Waals surface area (Å²) in [5.41, 5.74) is -1.41. The van der Waals surface area contributed by atoms with Gasteiger partial charge in [-0.05, 0) is 86.9 Å². The van der Waals surface area contributed by atoms with Crippen LogP contribution >= 0.6 is 0 Å². The molecule has 4 fully saturated rings. The van der Waals surface area contributed by atoms with Gasteiger partial charge in [0.25, 0.3) is 0 Å². The van der Waals surface area contributed by atoms with Gasteiger partial charge in [0.15, 0.2) is 5.78 Å². The molecular formula is C21H34O4. The van der Waals surface area contributed by atoms with Crippen molar-refractivity contribution in [3.63, 3.8) is 0 Å². The van der Waals surface area contributed by atoms with Gasteiger partial charge in [-0.25, -0.2) is 0 Å². The lowest BCUT2D eigenvalue weighted by atomic mass is 9.44. The Morgan fingerprint density at radius 1 is 1.00 bits per heavy atom. The Labute approximate surface area is 151 Å². The van der Waals surface area contributed by atoms with E-state index < -0.39 is 12.2 Å². The molecule has 0 heterocycles. The van der Waals surface area contributed by atoms with E-state index >= 15 is 0 Å². The highest BCUT2D eigenvalue weighted by molar-refractivity contribution is 5.89. The minimum atomic E-state index is -1.34. The van der Waals surface area contributed by atoms with Crippen molar-refractivity contribution in [2.24, 2.45) is 34.5 Å². The van der Waals surface area contributed by atoms with Crippen molar-refractivity contribution in [1.82, 2.24) is 0 Å². The molecule has 0 aromatic rings. The topological polar surface area (TPSA) is 77.8 Å². The molecule has 4 aliphatic rings. The number of hydrogen-bond acceptors (Lipinski definition) is 4. The quantitative estimate of drug-likeness (QED) is 0.715. The van der Waals surface area contributed by atoms with Crippen LogP contribution in [0.1, 0.15) is 71.6 Å². The van der Waals surface area contributed by atoms with Crippen LogP contribution in [0.4, 0.5) is 0 Å². The van der Waals surface area contributed by atoms with Crippen LogP contribution in [-0.4, -0.2) is 39.4 Å². The van der Waals surface area contributed by atoms with E-state index in [2.05, 4.69) is 13.8 Å². The van der Waals surface area contributed by atoms with Gasteiger partial charge in [-0.2, -0.15) is 0 Å². The smallest absolute Gasteiger partial charge is 0.190 e. The summed E-state index contributed by atoms with van der Waals surface area (Å²) in [5, 5.41) is 30.7. The van der Waals surface area contributed by atoms with Gasteiger partial charge in [-0.1, -0.05) is 13.8 Å². The van der Waals surface area contributed by atoms with Crippen LogP contribution in [-0.2, 0) is 4.79 Å². The van der Waals surface area contributed by atoms with Crippen LogP contribution in [0.15, 0.2) is 0 Å². The number of hydrogen-bond donors (Lipinski definition) is 3. The molecule has 0 saturated heterocycles. The first kappa shape index (κ1) is 17.9. The predicted octanol–water partition coefficient (Wildman–Crippen LogP) is 2.68. The SMILES string of the molecule is C[C@]12CC[C@H](O)CC1CC[C@@H]1[C@@H]2CC[C@@]2(C)[C@H]1CC[C@]2(O)C(=O)CO. The van der Waals surface area contributed by atoms with Crippen LogP contribution in [0.3, 0.4) is 0 Å². The molecule has 3 N–H and O–H groups in total. The van der Waals surface area contributed by atoms with Gasteiger partial charge in [0.1, 0.15) is 12.2 Å². The number of carbonyl (C=O) groups excluding carboxylic acids is 1. The zero-order chi connectivity index (χ0) is 18.0. The van der Waals surface area contributed by atoms with Crippen LogP contribution in [0, 0.1) is 34.5 Å². The monoisotopic (exact) mass is 350 g/mol. The van der Waals surface area contributed by atoms with Gasteiger partial charge in [-0.15, -0.1) is 0 Å². The van der Waals surface area contributed by atoms with E-state index in [9.17, 15) is 20.1 Å². The molecule has 1 unspecified atom stereocenters. The first-order chi connectivity index (χ1) is 11.8. The van der Waals surface area contributed by atoms with Crippen molar-refractivity contribution in [2.75, 3.05) is 6.61 Å². The van der Waals surface area contributed by atoms with Crippen molar-refractivity contribution in [3.8, 4) is 0 Å². The van der Waals surface area contributed by atoms with Crippen LogP contribution in [0.25, 0.3) is 0 Å². The standard InChI is InChI=1S/C21H34O4/c1-19-8-5-14(23)11-13(19)3-4-15-16(19)6-9-20(2)17(15)7-10-21(20,25)18(24)12-22/h13-17,22-23,25H,3-12H2,1-2H3/t13?,14-,15+,16-,17-,19-,20-,21-/m0/s1. The Kier molecular flexibility index (Phi) is 4.14. The molecule has 0 amide bonds. The largest absolute Gasteiger partial charge is 0.393 e. The predicted molar refractivity (Wildman–Crippen MR) is 94.8 cm³/mol. The second-order valence-electron chi connectivity index (χ2n) is 10.0. The number of aliphatic hydroxyl groups is 3. The van der Waals surface area contributed by atoms with E-state index in [-0.39, 0.29) is 17.3 Å². The lowest BCUT2D eigenvalue weighted by Gasteiger charge is -2.61. The van der Waals surface area contributed by atoms with Gasteiger partial charge in [0, 0.05) is 5.41 Å². The molecule has 0 bridgehead atoms. The summed E-state index contributed by atoms with van der Waals surface area (Å²) in [7, 11) is 0. The summed E-state index contributed by atoms with van der Waals surface area (Å²) < 4.78 is 0. The average Bonchev–Trinajstić information content (AvgIpc) is 2.87. The number of carbonyl (C=O) groups is 1. The number of Topliss-reactive ketones (excluding diaryl/α,β-unsaturated/α-hetero) is 1. The van der Waals surface area contributed by atoms with Gasteiger partial charge < -0.3 is 15.3 Å². The number of rotatable bonds is 2. The molecule has 0 spiro atoms. The third-order valence-electron chi connectivity index (χ3n) is 9.39. The Balaban J connectivity index is 1.63. The second-order valence-corrected chi connectivity index (χ2v) is 10.0. The molecule has 0 aromatic heterocycles. The minimum Gasteiger partial charge on any atom is -0.393 e. The number of fused-ring (bicyclic) bond motifs is 5. The first-order valence-electron chi connectivity index (χ1n) is 10.3. The molecule has 142 valence electrons. The third-order valence-corrected chi connectivity index (χ3v) is 9.39. The van der Waals surface area contributed by atoms with Crippen LogP contribution < -0.4 is 0 Å². The normalized spacial score (nSPS) is 55.2. The molecule has 0 aliphatic heterocycles. The van der Waals surface area contributed by atoms with E-state index in [1.54, 1.807) is 0 Å². The Bertz CT molecular complexity index is 562. The van der Waals surface area contributed by atoms with Crippen LogP contribution in [0.5, 0.6) is 0 Å². The molecular weight excluding hydrogens is 316 g/mol. The van der Waals surface area contributed by atoms with Gasteiger partial charge in [0.2, 0.25) is 0 Å². The van der Waals surface area contributed by atoms with Gasteiger partial charge >= 0.3 is 0 Å². The first-order valence-corrected chi connectivity index (χ1v) is 10.3. The van der Waals surface area contributed by atoms with E-state index in [1.165, 1.54) is 12.8 Å². The minimum absolute atomic E-state index is 0.123. The summed E-state index contributed by atoms with van der Waals surface area (Å²) in [5.74, 6) is 1.87. The lowest BCUT2D eigenvalue weighted by Crippen LogP contribution is -2.59. The summed E-state index contributed by atoms with van der Waals surface area (Å²) in [6.07, 6.45) is 8.58. The fourth-order valence-electron chi connectivity index (χ4n) is 7.84. The van der Waals surface area contributed by atoms with E-state index in [0.29, 0.717) is 35.5 Å². The Morgan fingerprint density at radius 2 is 1.72 bits per heavy atom. The zero-order valence-electron chi connectivity index (χ0n) is 15.7. The fourth-order valence-corrected chi connectivity index (χ4v) is 7.84. The fraction of sp³-hybridized carbons (Fsp3) is 0.952. The lowest BCUT2D eigenvalue weighted by molar-refractivity contribution is -0.174. The molecule has 4 aliphatic carbocycles. The molecule has 4 saturated carbocycles. The summed E-state index contributed by atoms with van der Waals surface area (Å²) in [6, 6.07) is 0. The molecule has 8 atom stereocenters. The van der Waals surface area contributed by atoms with Crippen molar-refractivity contribution < 1.29 is 20.1 Å². The molecule has 4 nitrogen and oxygen atoms in total. The maximum absolute atomic E-state index is 12.4. The molecule has 0 aromatic carbocycles. The Morgan fingerprint density at radius 3 is 2.44 bits per heavy atom. The molecule has 25 heavy (non-hydrogen) atoms. The van der Waals surface area contributed by atoms with Crippen molar-refractivity contribution >= 4 is 5.78 Å². The summed E-state index contributed by atoms with van der Waals surface area (Å²) in [4.78, 5) is 12.4. The zero-order valence-corrected chi connectivity index (χ0v) is 15.7. The second kappa shape index (κ2) is 5.77. The van der Waals surface area contributed by atoms with Crippen molar-refractivity contribution in [1.29, 1.82) is 0 Å². The third kappa shape index (κ3) is 2.26. The maximum Gasteiger partial charge on any atom is 0.190 e. The van der Waals surface area contributed by atoms with E-state index in [1.807, 2.05) is 0 Å². The maximum atomic E-state index is 12.4. The van der Waals surface area contributed by atoms with Gasteiger partial charge in [0.05, 0.1) is 6.10 Å². The highest BCUT2D eigenvalue weighted by atomic mass is 16.3. The number of aliphatic hydroxyl groups excluding tert-OH is 2. The highest BCUT2D eigenvalue weighted by Crippen LogP contribution is 2.68. The Hall–Kier alpha value is -0.450. The van der Waals surface area contributed by atoms with Gasteiger partial charge in [-0.3, -0.25) is 4.79 Å².